The molecule has 0 atom stereocenters. The second kappa shape index (κ2) is 7.30. The van der Waals surface area contributed by atoms with E-state index >= 15 is 0 Å². The second-order valence-electron chi connectivity index (χ2n) is 3.82. The van der Waals surface area contributed by atoms with Crippen molar-refractivity contribution >= 4 is 5.91 Å². The van der Waals surface area contributed by atoms with Gasteiger partial charge in [-0.05, 0) is 24.4 Å². The highest BCUT2D eigenvalue weighted by atomic mass is 16.1. The number of carbonyl (C=O) groups excluding carboxylic acids is 1. The first-order chi connectivity index (χ1) is 8.22. The Kier molecular flexibility index (Phi) is 5.61. The zero-order chi connectivity index (χ0) is 12.5. The molecule has 0 saturated heterocycles. The molecule has 0 bridgehead atoms. The highest BCUT2D eigenvalue weighted by Gasteiger charge is 2.02. The minimum Gasteiger partial charge on any atom is -0.356 e. The molecule has 0 spiro atoms. The lowest BCUT2D eigenvalue weighted by Gasteiger charge is -2.04. The maximum absolute atomic E-state index is 11.5. The van der Waals surface area contributed by atoms with E-state index in [0.29, 0.717) is 25.9 Å². The Hall–Kier alpha value is -2.00. The summed E-state index contributed by atoms with van der Waals surface area (Å²) >= 11 is 0. The van der Waals surface area contributed by atoms with Crippen molar-refractivity contribution in [3.8, 4) is 0 Å². The van der Waals surface area contributed by atoms with Gasteiger partial charge in [0.15, 0.2) is 0 Å². The summed E-state index contributed by atoms with van der Waals surface area (Å²) in [5, 5.41) is 6.18. The third kappa shape index (κ3) is 5.58. The van der Waals surface area contributed by atoms with Crippen LogP contribution >= 0.6 is 0 Å². The van der Waals surface area contributed by atoms with Crippen LogP contribution in [0.2, 0.25) is 0 Å². The van der Waals surface area contributed by atoms with Crippen molar-refractivity contribution in [2.75, 3.05) is 13.1 Å². The smallest absolute Gasteiger partial charge is 0.224 e. The molecule has 1 amide bonds. The molecular weight excluding hydrogens is 216 g/mol. The Morgan fingerprint density at radius 3 is 3.06 bits per heavy atom. The Bertz CT molecular complexity index is 424. The van der Waals surface area contributed by atoms with E-state index in [4.69, 9.17) is 5.53 Å². The first-order valence-corrected chi connectivity index (χ1v) is 5.55. The maximum atomic E-state index is 11.5. The minimum atomic E-state index is -0.00321. The van der Waals surface area contributed by atoms with Crippen molar-refractivity contribution < 1.29 is 4.79 Å². The van der Waals surface area contributed by atoms with Crippen LogP contribution in [0.25, 0.3) is 10.4 Å². The van der Waals surface area contributed by atoms with Gasteiger partial charge in [-0.1, -0.05) is 34.9 Å². The molecule has 0 saturated carbocycles. The van der Waals surface area contributed by atoms with Gasteiger partial charge in [-0.2, -0.15) is 0 Å². The van der Waals surface area contributed by atoms with Crippen LogP contribution < -0.4 is 5.32 Å². The summed E-state index contributed by atoms with van der Waals surface area (Å²) < 4.78 is 0. The Labute approximate surface area is 100 Å². The van der Waals surface area contributed by atoms with Crippen LogP contribution in [0.1, 0.15) is 17.5 Å². The summed E-state index contributed by atoms with van der Waals surface area (Å²) in [6, 6.07) is 7.88. The molecule has 0 aliphatic rings. The monoisotopic (exact) mass is 232 g/mol. The Balaban J connectivity index is 2.27. The van der Waals surface area contributed by atoms with Crippen molar-refractivity contribution in [3.63, 3.8) is 0 Å². The van der Waals surface area contributed by atoms with Gasteiger partial charge in [0.05, 0.1) is 6.42 Å². The SMILES string of the molecule is Cc1cccc(CC(=O)NCCCN=[N+]=[N-])c1. The zero-order valence-electron chi connectivity index (χ0n) is 9.89. The van der Waals surface area contributed by atoms with Gasteiger partial charge in [0, 0.05) is 18.0 Å². The number of nitrogens with zero attached hydrogens (tertiary/aromatic N) is 3. The molecule has 1 N–H and O–H groups in total. The average molecular weight is 232 g/mol. The van der Waals surface area contributed by atoms with E-state index in [1.54, 1.807) is 0 Å². The highest BCUT2D eigenvalue weighted by molar-refractivity contribution is 5.78. The van der Waals surface area contributed by atoms with Crippen LogP contribution in [-0.2, 0) is 11.2 Å². The van der Waals surface area contributed by atoms with Gasteiger partial charge in [0.1, 0.15) is 0 Å². The van der Waals surface area contributed by atoms with Crippen LogP contribution in [0.5, 0.6) is 0 Å². The Morgan fingerprint density at radius 1 is 1.53 bits per heavy atom. The first kappa shape index (κ1) is 13.1. The van der Waals surface area contributed by atoms with Gasteiger partial charge in [-0.15, -0.1) is 0 Å². The van der Waals surface area contributed by atoms with Gasteiger partial charge in [0.2, 0.25) is 5.91 Å². The predicted molar refractivity (Wildman–Crippen MR) is 66.5 cm³/mol. The lowest BCUT2D eigenvalue weighted by molar-refractivity contribution is -0.120. The number of rotatable bonds is 6. The summed E-state index contributed by atoms with van der Waals surface area (Å²) in [5.74, 6) is -0.00321. The van der Waals surface area contributed by atoms with Crippen LogP contribution in [0.3, 0.4) is 0 Å². The third-order valence-corrected chi connectivity index (χ3v) is 2.27. The molecule has 1 aromatic rings. The summed E-state index contributed by atoms with van der Waals surface area (Å²) in [6.45, 7) is 2.96. The van der Waals surface area contributed by atoms with Gasteiger partial charge in [0.25, 0.3) is 0 Å². The van der Waals surface area contributed by atoms with Crippen molar-refractivity contribution in [1.29, 1.82) is 0 Å². The zero-order valence-corrected chi connectivity index (χ0v) is 9.89. The number of benzene rings is 1. The van der Waals surface area contributed by atoms with E-state index in [1.165, 1.54) is 0 Å². The summed E-state index contributed by atoms with van der Waals surface area (Å²) in [7, 11) is 0. The van der Waals surface area contributed by atoms with Crippen LogP contribution in [0.15, 0.2) is 29.4 Å². The first-order valence-electron chi connectivity index (χ1n) is 5.55. The van der Waals surface area contributed by atoms with Crippen molar-refractivity contribution in [2.24, 2.45) is 5.11 Å². The Morgan fingerprint density at radius 2 is 2.35 bits per heavy atom. The molecule has 90 valence electrons. The fourth-order valence-corrected chi connectivity index (χ4v) is 1.49. The number of hydrogen-bond donors (Lipinski definition) is 1. The summed E-state index contributed by atoms with van der Waals surface area (Å²) in [5.41, 5.74) is 10.2. The van der Waals surface area contributed by atoms with E-state index in [1.807, 2.05) is 31.2 Å². The summed E-state index contributed by atoms with van der Waals surface area (Å²) in [4.78, 5) is 14.2. The molecule has 17 heavy (non-hydrogen) atoms. The molecule has 5 heteroatoms. The quantitative estimate of drug-likeness (QED) is 0.347. The van der Waals surface area contributed by atoms with E-state index in [9.17, 15) is 4.79 Å². The molecule has 0 aromatic heterocycles. The van der Waals surface area contributed by atoms with E-state index in [-0.39, 0.29) is 5.91 Å². The lowest BCUT2D eigenvalue weighted by atomic mass is 10.1. The van der Waals surface area contributed by atoms with Gasteiger partial charge < -0.3 is 5.32 Å². The third-order valence-electron chi connectivity index (χ3n) is 2.27. The predicted octanol–water partition coefficient (Wildman–Crippen LogP) is 2.35. The fraction of sp³-hybridized carbons (Fsp3) is 0.417. The summed E-state index contributed by atoms with van der Waals surface area (Å²) in [6.07, 6.45) is 1.06. The molecule has 1 rings (SSSR count). The topological polar surface area (TPSA) is 77.9 Å². The maximum Gasteiger partial charge on any atom is 0.224 e. The standard InChI is InChI=1S/C12H16N4O/c1-10-4-2-5-11(8-10)9-12(17)14-6-3-7-15-16-13/h2,4-5,8H,3,6-7,9H2,1H3,(H,14,17). The van der Waals surface area contributed by atoms with Crippen LogP contribution in [0, 0.1) is 6.92 Å². The number of nitrogens with one attached hydrogen (secondary N) is 1. The van der Waals surface area contributed by atoms with Crippen LogP contribution in [0.4, 0.5) is 0 Å². The molecular formula is C12H16N4O. The average Bonchev–Trinajstić information content (AvgIpc) is 2.29. The van der Waals surface area contributed by atoms with Crippen LogP contribution in [-0.4, -0.2) is 19.0 Å². The van der Waals surface area contributed by atoms with Crippen molar-refractivity contribution in [1.82, 2.24) is 5.32 Å². The molecule has 0 aliphatic carbocycles. The molecule has 0 fully saturated rings. The van der Waals surface area contributed by atoms with Crippen molar-refractivity contribution in [2.45, 2.75) is 19.8 Å². The number of amides is 1. The largest absolute Gasteiger partial charge is 0.356 e. The number of carbonyl (C=O) groups is 1. The minimum absolute atomic E-state index is 0.00321. The molecule has 0 radical (unpaired) electrons. The lowest BCUT2D eigenvalue weighted by Crippen LogP contribution is -2.26. The van der Waals surface area contributed by atoms with E-state index < -0.39 is 0 Å². The van der Waals surface area contributed by atoms with Gasteiger partial charge >= 0.3 is 0 Å². The van der Waals surface area contributed by atoms with E-state index in [2.05, 4.69) is 15.3 Å². The molecule has 0 unspecified atom stereocenters. The van der Waals surface area contributed by atoms with Gasteiger partial charge in [-0.25, -0.2) is 0 Å². The normalized spacial score (nSPS) is 9.47. The molecule has 0 heterocycles. The number of hydrogen-bond acceptors (Lipinski definition) is 2. The molecule has 1 aromatic carbocycles. The highest BCUT2D eigenvalue weighted by Crippen LogP contribution is 2.04. The second-order valence-corrected chi connectivity index (χ2v) is 3.82. The van der Waals surface area contributed by atoms with E-state index in [0.717, 1.165) is 11.1 Å². The fourth-order valence-electron chi connectivity index (χ4n) is 1.49. The molecule has 0 aliphatic heterocycles. The van der Waals surface area contributed by atoms with Gasteiger partial charge in [-0.3, -0.25) is 4.79 Å². The number of aryl methyl sites for hydroxylation is 1. The molecule has 5 nitrogen and oxygen atoms in total. The van der Waals surface area contributed by atoms with Crippen molar-refractivity contribution in [3.05, 3.63) is 45.8 Å². The number of azide groups is 1.